The highest BCUT2D eigenvalue weighted by Crippen LogP contribution is 2.07. The van der Waals surface area contributed by atoms with E-state index in [0.29, 0.717) is 17.7 Å². The van der Waals surface area contributed by atoms with Gasteiger partial charge in [-0.15, -0.1) is 0 Å². The topological polar surface area (TPSA) is 86.7 Å². The van der Waals surface area contributed by atoms with Gasteiger partial charge in [0.2, 0.25) is 5.91 Å². The number of carbonyl (C=O) groups is 3. The number of likely N-dealkylation sites (N-methyl/N-ethyl adjacent to an activating group) is 1. The fourth-order valence-electron chi connectivity index (χ4n) is 2.05. The Bertz CT molecular complexity index is 536. The lowest BCUT2D eigenvalue weighted by molar-refractivity contribution is -0.145. The van der Waals surface area contributed by atoms with E-state index in [1.807, 2.05) is 6.26 Å². The molecule has 0 saturated carbocycles. The lowest BCUT2D eigenvalue weighted by Gasteiger charge is -2.25. The van der Waals surface area contributed by atoms with Crippen molar-refractivity contribution >= 4 is 29.5 Å². The largest absolute Gasteiger partial charge is 0.480 e. The van der Waals surface area contributed by atoms with Gasteiger partial charge in [-0.3, -0.25) is 14.4 Å². The number of carboxylic acid groups (broad SMARTS) is 1. The van der Waals surface area contributed by atoms with Crippen LogP contribution in [0.25, 0.3) is 0 Å². The Balaban J connectivity index is 2.83. The Hall–Kier alpha value is -2.02. The number of thioether (sulfide) groups is 1. The number of hydrogen-bond donors (Lipinski definition) is 2. The third-order valence-corrected chi connectivity index (χ3v) is 3.91. The SMILES string of the molecule is CCN(CC(=O)O)C(=O)C(CCSC)NC(=O)c1ccccc1. The van der Waals surface area contributed by atoms with Gasteiger partial charge in [-0.2, -0.15) is 11.8 Å². The number of rotatable bonds is 9. The zero-order valence-electron chi connectivity index (χ0n) is 13.3. The van der Waals surface area contributed by atoms with Gasteiger partial charge < -0.3 is 15.3 Å². The summed E-state index contributed by atoms with van der Waals surface area (Å²) in [6, 6.07) is 7.90. The predicted molar refractivity (Wildman–Crippen MR) is 90.6 cm³/mol. The minimum Gasteiger partial charge on any atom is -0.480 e. The maximum atomic E-state index is 12.5. The summed E-state index contributed by atoms with van der Waals surface area (Å²) in [5.74, 6) is -1.08. The summed E-state index contributed by atoms with van der Waals surface area (Å²) in [6.07, 6.45) is 2.37. The monoisotopic (exact) mass is 338 g/mol. The molecule has 126 valence electrons. The van der Waals surface area contributed by atoms with Crippen LogP contribution >= 0.6 is 11.8 Å². The summed E-state index contributed by atoms with van der Waals surface area (Å²) in [6.45, 7) is 1.62. The van der Waals surface area contributed by atoms with Crippen molar-refractivity contribution in [2.24, 2.45) is 0 Å². The van der Waals surface area contributed by atoms with Gasteiger partial charge in [0.05, 0.1) is 0 Å². The summed E-state index contributed by atoms with van der Waals surface area (Å²) in [4.78, 5) is 36.9. The molecule has 1 aromatic carbocycles. The molecule has 0 aliphatic rings. The van der Waals surface area contributed by atoms with E-state index in [1.54, 1.807) is 49.0 Å². The minimum absolute atomic E-state index is 0.280. The molecule has 1 aromatic rings. The molecule has 1 rings (SSSR count). The molecule has 0 aromatic heterocycles. The predicted octanol–water partition coefficient (Wildman–Crippen LogP) is 1.47. The number of nitrogens with one attached hydrogen (secondary N) is 1. The van der Waals surface area contributed by atoms with E-state index in [-0.39, 0.29) is 24.9 Å². The van der Waals surface area contributed by atoms with Crippen LogP contribution in [0.2, 0.25) is 0 Å². The van der Waals surface area contributed by atoms with Gasteiger partial charge in [-0.05, 0) is 37.5 Å². The van der Waals surface area contributed by atoms with E-state index in [4.69, 9.17) is 5.11 Å². The second-order valence-electron chi connectivity index (χ2n) is 4.92. The first-order valence-corrected chi connectivity index (χ1v) is 8.74. The van der Waals surface area contributed by atoms with Crippen molar-refractivity contribution in [1.29, 1.82) is 0 Å². The molecule has 2 N–H and O–H groups in total. The van der Waals surface area contributed by atoms with E-state index < -0.39 is 12.0 Å². The standard InChI is InChI=1S/C16H22N2O4S/c1-3-18(11-14(19)20)16(22)13(9-10-23-2)17-15(21)12-7-5-4-6-8-12/h4-8,13H,3,9-11H2,1-2H3,(H,17,21)(H,19,20). The highest BCUT2D eigenvalue weighted by atomic mass is 32.2. The van der Waals surface area contributed by atoms with Crippen LogP contribution in [-0.4, -0.2) is 58.9 Å². The summed E-state index contributed by atoms with van der Waals surface area (Å²) in [5, 5.41) is 11.6. The molecule has 0 aliphatic heterocycles. The molecule has 0 saturated heterocycles. The Morgan fingerprint density at radius 3 is 2.43 bits per heavy atom. The van der Waals surface area contributed by atoms with Crippen LogP contribution in [0.15, 0.2) is 30.3 Å². The number of aliphatic carboxylic acids is 1. The second-order valence-corrected chi connectivity index (χ2v) is 5.91. The summed E-state index contributed by atoms with van der Waals surface area (Å²) < 4.78 is 0. The zero-order chi connectivity index (χ0) is 17.2. The molecular weight excluding hydrogens is 316 g/mol. The van der Waals surface area contributed by atoms with Crippen LogP contribution in [0.4, 0.5) is 0 Å². The van der Waals surface area contributed by atoms with E-state index in [9.17, 15) is 14.4 Å². The molecule has 0 bridgehead atoms. The fourth-order valence-corrected chi connectivity index (χ4v) is 2.52. The van der Waals surface area contributed by atoms with Crippen molar-refractivity contribution in [1.82, 2.24) is 10.2 Å². The van der Waals surface area contributed by atoms with Crippen LogP contribution in [0.1, 0.15) is 23.7 Å². The van der Waals surface area contributed by atoms with Crippen LogP contribution in [0.5, 0.6) is 0 Å². The van der Waals surface area contributed by atoms with Gasteiger partial charge in [0.25, 0.3) is 5.91 Å². The van der Waals surface area contributed by atoms with Gasteiger partial charge in [0.1, 0.15) is 12.6 Å². The van der Waals surface area contributed by atoms with Gasteiger partial charge >= 0.3 is 5.97 Å². The summed E-state index contributed by atoms with van der Waals surface area (Å²) in [5.41, 5.74) is 0.468. The molecule has 0 fully saturated rings. The lowest BCUT2D eigenvalue weighted by Crippen LogP contribution is -2.50. The normalized spacial score (nSPS) is 11.6. The highest BCUT2D eigenvalue weighted by molar-refractivity contribution is 7.98. The molecule has 6 nitrogen and oxygen atoms in total. The molecule has 23 heavy (non-hydrogen) atoms. The number of amides is 2. The van der Waals surface area contributed by atoms with E-state index in [2.05, 4.69) is 5.32 Å². The quantitative estimate of drug-likeness (QED) is 0.712. The smallest absolute Gasteiger partial charge is 0.323 e. The Morgan fingerprint density at radius 2 is 1.91 bits per heavy atom. The van der Waals surface area contributed by atoms with Crippen molar-refractivity contribution in [3.8, 4) is 0 Å². The van der Waals surface area contributed by atoms with Crippen molar-refractivity contribution in [2.45, 2.75) is 19.4 Å². The van der Waals surface area contributed by atoms with Crippen molar-refractivity contribution in [3.63, 3.8) is 0 Å². The zero-order valence-corrected chi connectivity index (χ0v) is 14.1. The van der Waals surface area contributed by atoms with E-state index >= 15 is 0 Å². The lowest BCUT2D eigenvalue weighted by atomic mass is 10.1. The fraction of sp³-hybridized carbons (Fsp3) is 0.438. The molecule has 7 heteroatoms. The van der Waals surface area contributed by atoms with Crippen LogP contribution in [0.3, 0.4) is 0 Å². The Kier molecular flexibility index (Phi) is 8.18. The number of nitrogens with zero attached hydrogens (tertiary/aromatic N) is 1. The van der Waals surface area contributed by atoms with Crippen molar-refractivity contribution < 1.29 is 19.5 Å². The summed E-state index contributed by atoms with van der Waals surface area (Å²) in [7, 11) is 0. The van der Waals surface area contributed by atoms with Gasteiger partial charge in [-0.1, -0.05) is 18.2 Å². The Morgan fingerprint density at radius 1 is 1.26 bits per heavy atom. The van der Waals surface area contributed by atoms with Gasteiger partial charge in [0.15, 0.2) is 0 Å². The molecule has 1 atom stereocenters. The molecule has 2 amide bonds. The first-order valence-electron chi connectivity index (χ1n) is 7.35. The second kappa shape index (κ2) is 9.89. The van der Waals surface area contributed by atoms with Crippen LogP contribution in [-0.2, 0) is 9.59 Å². The van der Waals surface area contributed by atoms with Crippen molar-refractivity contribution in [3.05, 3.63) is 35.9 Å². The molecule has 0 heterocycles. The first-order chi connectivity index (χ1) is 11.0. The third-order valence-electron chi connectivity index (χ3n) is 3.27. The maximum absolute atomic E-state index is 12.5. The first kappa shape index (κ1) is 19.0. The van der Waals surface area contributed by atoms with Gasteiger partial charge in [-0.25, -0.2) is 0 Å². The molecule has 0 spiro atoms. The average molecular weight is 338 g/mol. The van der Waals surface area contributed by atoms with Crippen LogP contribution < -0.4 is 5.32 Å². The highest BCUT2D eigenvalue weighted by Gasteiger charge is 2.26. The number of hydrogen-bond acceptors (Lipinski definition) is 4. The third kappa shape index (κ3) is 6.32. The molecule has 1 unspecified atom stereocenters. The molecule has 0 aliphatic carbocycles. The average Bonchev–Trinajstić information content (AvgIpc) is 2.56. The van der Waals surface area contributed by atoms with Gasteiger partial charge in [0, 0.05) is 12.1 Å². The van der Waals surface area contributed by atoms with Crippen LogP contribution in [0, 0.1) is 0 Å². The maximum Gasteiger partial charge on any atom is 0.323 e. The van der Waals surface area contributed by atoms with E-state index in [0.717, 1.165) is 0 Å². The molecule has 0 radical (unpaired) electrons. The number of carboxylic acids is 1. The molecular formula is C16H22N2O4S. The van der Waals surface area contributed by atoms with E-state index in [1.165, 1.54) is 4.90 Å². The Labute approximate surface area is 140 Å². The van der Waals surface area contributed by atoms with Crippen molar-refractivity contribution in [2.75, 3.05) is 25.1 Å². The summed E-state index contributed by atoms with van der Waals surface area (Å²) >= 11 is 1.57. The minimum atomic E-state index is -1.07. The number of benzene rings is 1. The number of carbonyl (C=O) groups excluding carboxylic acids is 2.